The predicted octanol–water partition coefficient (Wildman–Crippen LogP) is 10.9. The van der Waals surface area contributed by atoms with Crippen LogP contribution < -0.4 is 0 Å². The molecule has 0 unspecified atom stereocenters. The van der Waals surface area contributed by atoms with Gasteiger partial charge in [-0.3, -0.25) is 0 Å². The summed E-state index contributed by atoms with van der Waals surface area (Å²) in [6.07, 6.45) is 0. The lowest BCUT2D eigenvalue weighted by Gasteiger charge is -2.12. The Hall–Kier alpha value is -4.32. The molecule has 0 saturated heterocycles. The Morgan fingerprint density at radius 1 is 0.415 bits per heavy atom. The van der Waals surface area contributed by atoms with Crippen LogP contribution in [-0.4, -0.2) is 15.2 Å². The Labute approximate surface area is 254 Å². The van der Waals surface area contributed by atoms with Gasteiger partial charge in [0.2, 0.25) is 0 Å². The normalized spacial score (nSPS) is 11.4. The number of aromatic amines is 1. The third-order valence-electron chi connectivity index (χ3n) is 7.55. The van der Waals surface area contributed by atoms with Crippen molar-refractivity contribution in [3.63, 3.8) is 0 Å². The summed E-state index contributed by atoms with van der Waals surface area (Å²) in [4.78, 5) is 3.63. The second-order valence-electron chi connectivity index (χ2n) is 10.1. The molecule has 0 atom stereocenters. The second kappa shape index (κ2) is 10.3. The molecular formula is C36H23Br2NO2. The highest BCUT2D eigenvalue weighted by Gasteiger charge is 2.17. The SMILES string of the molecule is Oc1ccc(-c2ccccc2-c2cc(Br)c3[nH]c4c(Br)cc(-c5ccccc5-c5ccc(O)cc5)cc4c3c2)cc1. The highest BCUT2D eigenvalue weighted by atomic mass is 79.9. The molecule has 1 heterocycles. The average molecular weight is 661 g/mol. The molecule has 0 fully saturated rings. The minimum absolute atomic E-state index is 0.252. The lowest BCUT2D eigenvalue weighted by atomic mass is 9.92. The van der Waals surface area contributed by atoms with Gasteiger partial charge in [0.15, 0.2) is 0 Å². The fourth-order valence-electron chi connectivity index (χ4n) is 5.58. The zero-order valence-electron chi connectivity index (χ0n) is 21.7. The van der Waals surface area contributed by atoms with Crippen molar-refractivity contribution < 1.29 is 10.2 Å². The second-order valence-corrected chi connectivity index (χ2v) is 11.8. The number of benzene rings is 6. The van der Waals surface area contributed by atoms with Crippen LogP contribution in [0.25, 0.3) is 66.3 Å². The number of aromatic hydroxyl groups is 2. The molecule has 1 aromatic heterocycles. The first-order valence-electron chi connectivity index (χ1n) is 13.2. The third kappa shape index (κ3) is 4.61. The van der Waals surface area contributed by atoms with Gasteiger partial charge in [-0.15, -0.1) is 0 Å². The molecule has 0 saturated carbocycles. The maximum Gasteiger partial charge on any atom is 0.115 e. The maximum absolute atomic E-state index is 9.82. The summed E-state index contributed by atoms with van der Waals surface area (Å²) in [5.74, 6) is 0.505. The topological polar surface area (TPSA) is 56.2 Å². The molecule has 7 aromatic rings. The first-order chi connectivity index (χ1) is 20.0. The number of rotatable bonds is 4. The van der Waals surface area contributed by atoms with E-state index in [4.69, 9.17) is 0 Å². The van der Waals surface area contributed by atoms with Gasteiger partial charge in [0.05, 0.1) is 11.0 Å². The van der Waals surface area contributed by atoms with Crippen LogP contribution in [0.5, 0.6) is 11.5 Å². The fourth-order valence-corrected chi connectivity index (χ4v) is 6.70. The summed E-state index contributed by atoms with van der Waals surface area (Å²) in [6, 6.07) is 40.2. The van der Waals surface area contributed by atoms with E-state index >= 15 is 0 Å². The molecule has 41 heavy (non-hydrogen) atoms. The number of hydrogen-bond donors (Lipinski definition) is 3. The minimum Gasteiger partial charge on any atom is -0.508 e. The van der Waals surface area contributed by atoms with Crippen molar-refractivity contribution in [2.75, 3.05) is 0 Å². The lowest BCUT2D eigenvalue weighted by molar-refractivity contribution is 0.475. The van der Waals surface area contributed by atoms with Gasteiger partial charge in [-0.2, -0.15) is 0 Å². The number of nitrogens with one attached hydrogen (secondary N) is 1. The average Bonchev–Trinajstić information content (AvgIpc) is 3.38. The summed E-state index contributed by atoms with van der Waals surface area (Å²) in [6.45, 7) is 0. The van der Waals surface area contributed by atoms with Crippen LogP contribution in [0.2, 0.25) is 0 Å². The van der Waals surface area contributed by atoms with Gasteiger partial charge < -0.3 is 15.2 Å². The smallest absolute Gasteiger partial charge is 0.115 e. The molecule has 0 aliphatic heterocycles. The Kier molecular flexibility index (Phi) is 6.41. The number of hydrogen-bond acceptors (Lipinski definition) is 2. The fraction of sp³-hybridized carbons (Fsp3) is 0. The van der Waals surface area contributed by atoms with Gasteiger partial charge in [0.1, 0.15) is 11.5 Å². The van der Waals surface area contributed by atoms with E-state index in [-0.39, 0.29) is 11.5 Å². The highest BCUT2D eigenvalue weighted by molar-refractivity contribution is 9.11. The Morgan fingerprint density at radius 3 is 1.12 bits per heavy atom. The molecule has 0 aliphatic rings. The molecule has 3 N–H and O–H groups in total. The van der Waals surface area contributed by atoms with Gasteiger partial charge in [0.25, 0.3) is 0 Å². The van der Waals surface area contributed by atoms with Crippen LogP contribution in [0.4, 0.5) is 0 Å². The molecule has 0 bridgehead atoms. The number of phenolic OH excluding ortho intramolecular Hbond substituents is 2. The van der Waals surface area contributed by atoms with Crippen molar-refractivity contribution in [3.05, 3.63) is 130 Å². The molecule has 5 heteroatoms. The van der Waals surface area contributed by atoms with Crippen molar-refractivity contribution in [3.8, 4) is 56.0 Å². The Balaban J connectivity index is 1.43. The first-order valence-corrected chi connectivity index (χ1v) is 14.8. The van der Waals surface area contributed by atoms with E-state index in [1.165, 1.54) is 0 Å². The molecule has 3 nitrogen and oxygen atoms in total. The quantitative estimate of drug-likeness (QED) is 0.176. The van der Waals surface area contributed by atoms with Gasteiger partial charge in [-0.05, 0) is 125 Å². The van der Waals surface area contributed by atoms with Crippen molar-refractivity contribution in [2.45, 2.75) is 0 Å². The van der Waals surface area contributed by atoms with E-state index in [0.29, 0.717) is 0 Å². The van der Waals surface area contributed by atoms with E-state index in [0.717, 1.165) is 75.3 Å². The number of H-pyrrole nitrogens is 1. The van der Waals surface area contributed by atoms with Crippen LogP contribution in [0.3, 0.4) is 0 Å². The van der Waals surface area contributed by atoms with E-state index in [9.17, 15) is 10.2 Å². The molecular weight excluding hydrogens is 638 g/mol. The zero-order valence-corrected chi connectivity index (χ0v) is 24.9. The van der Waals surface area contributed by atoms with Gasteiger partial charge in [-0.25, -0.2) is 0 Å². The zero-order chi connectivity index (χ0) is 28.1. The molecule has 6 aromatic carbocycles. The number of halogens is 2. The summed E-state index contributed by atoms with van der Waals surface area (Å²) in [7, 11) is 0. The van der Waals surface area contributed by atoms with E-state index in [1.807, 2.05) is 36.4 Å². The number of phenols is 2. The monoisotopic (exact) mass is 659 g/mol. The summed E-state index contributed by atoms with van der Waals surface area (Å²) >= 11 is 7.70. The number of fused-ring (bicyclic) bond motifs is 3. The van der Waals surface area contributed by atoms with Crippen molar-refractivity contribution in [2.24, 2.45) is 0 Å². The van der Waals surface area contributed by atoms with Crippen molar-refractivity contribution in [1.29, 1.82) is 0 Å². The largest absolute Gasteiger partial charge is 0.508 e. The molecule has 198 valence electrons. The Morgan fingerprint density at radius 2 is 0.756 bits per heavy atom. The Bertz CT molecular complexity index is 1930. The van der Waals surface area contributed by atoms with Crippen LogP contribution in [0.15, 0.2) is 130 Å². The standard InChI is InChI=1S/C36H23Br2NO2/c37-33-19-23(29-7-3-1-5-27(29)21-9-13-25(40)14-10-21)17-31-32-18-24(20-34(38)36(32)39-35(31)33)30-8-4-2-6-28(30)22-11-15-26(41)16-12-22/h1-20,39-41H. The molecule has 0 amide bonds. The van der Waals surface area contributed by atoms with E-state index < -0.39 is 0 Å². The predicted molar refractivity (Wildman–Crippen MR) is 176 cm³/mol. The van der Waals surface area contributed by atoms with Crippen molar-refractivity contribution >= 4 is 53.7 Å². The van der Waals surface area contributed by atoms with E-state index in [1.54, 1.807) is 24.3 Å². The number of aromatic nitrogens is 1. The van der Waals surface area contributed by atoms with E-state index in [2.05, 4.69) is 97.5 Å². The summed E-state index contributed by atoms with van der Waals surface area (Å²) in [5.41, 5.74) is 10.8. The maximum atomic E-state index is 9.82. The highest BCUT2D eigenvalue weighted by Crippen LogP contribution is 2.43. The van der Waals surface area contributed by atoms with Crippen LogP contribution in [0.1, 0.15) is 0 Å². The lowest BCUT2D eigenvalue weighted by Crippen LogP contribution is -1.86. The van der Waals surface area contributed by atoms with Gasteiger partial charge >= 0.3 is 0 Å². The first kappa shape index (κ1) is 25.6. The van der Waals surface area contributed by atoms with Crippen LogP contribution in [-0.2, 0) is 0 Å². The van der Waals surface area contributed by atoms with Gasteiger partial charge in [0, 0.05) is 19.7 Å². The summed E-state index contributed by atoms with van der Waals surface area (Å²) < 4.78 is 1.97. The molecule has 0 spiro atoms. The minimum atomic E-state index is 0.252. The molecule has 0 aliphatic carbocycles. The van der Waals surface area contributed by atoms with Gasteiger partial charge in [-0.1, -0.05) is 72.8 Å². The molecule has 0 radical (unpaired) electrons. The van der Waals surface area contributed by atoms with Crippen molar-refractivity contribution in [1.82, 2.24) is 4.98 Å². The van der Waals surface area contributed by atoms with Crippen LogP contribution >= 0.6 is 31.9 Å². The summed E-state index contributed by atoms with van der Waals surface area (Å²) in [5, 5.41) is 21.9. The third-order valence-corrected chi connectivity index (χ3v) is 8.80. The van der Waals surface area contributed by atoms with Crippen LogP contribution in [0, 0.1) is 0 Å². The molecule has 7 rings (SSSR count).